The van der Waals surface area contributed by atoms with Crippen molar-refractivity contribution in [2.75, 3.05) is 0 Å². The molecule has 0 unspecified atom stereocenters. The number of pyridine rings is 1. The van der Waals surface area contributed by atoms with Crippen LogP contribution in [0.4, 0.5) is 0 Å². The Morgan fingerprint density at radius 1 is 0.710 bits per heavy atom. The molecule has 0 saturated heterocycles. The average Bonchev–Trinajstić information content (AvgIpc) is 2.79. The molecule has 6 nitrogen and oxygen atoms in total. The number of rotatable bonds is 6. The molecule has 8 heteroatoms. The number of nitrogens with zero attached hydrogens (tertiary/aromatic N) is 2. The molecule has 0 fully saturated rings. The van der Waals surface area contributed by atoms with Crippen LogP contribution in [-0.4, -0.2) is 25.5 Å². The molecule has 0 aliphatic heterocycles. The predicted molar refractivity (Wildman–Crippen MR) is 119 cm³/mol. The fourth-order valence-corrected chi connectivity index (χ4v) is 6.97. The zero-order valence-electron chi connectivity index (χ0n) is 16.7. The molecule has 0 aliphatic carbocycles. The smallest absolute Gasteiger partial charge is 0.256 e. The van der Waals surface area contributed by atoms with Crippen LogP contribution in [0, 0.1) is 6.92 Å². The van der Waals surface area contributed by atoms with Crippen molar-refractivity contribution >= 4 is 30.9 Å². The van der Waals surface area contributed by atoms with Gasteiger partial charge in [-0.25, -0.2) is 16.8 Å². The molecule has 158 valence electrons. The zero-order valence-corrected chi connectivity index (χ0v) is 18.3. The summed E-state index contributed by atoms with van der Waals surface area (Å²) in [6.45, 7) is 1.44. The van der Waals surface area contributed by atoms with Gasteiger partial charge in [-0.3, -0.25) is 4.98 Å². The van der Waals surface area contributed by atoms with Gasteiger partial charge in [0.25, 0.3) is 20.0 Å². The van der Waals surface area contributed by atoms with Crippen LogP contribution in [0.15, 0.2) is 101 Å². The third kappa shape index (κ3) is 3.97. The Bertz CT molecular complexity index is 1370. The number of aryl methyl sites for hydroxylation is 1. The van der Waals surface area contributed by atoms with Crippen LogP contribution in [0.2, 0.25) is 0 Å². The fraction of sp³-hybridized carbons (Fsp3) is 0.0870. The van der Waals surface area contributed by atoms with Crippen molar-refractivity contribution in [2.45, 2.75) is 23.3 Å². The number of aromatic nitrogens is 1. The normalized spacial score (nSPS) is 12.3. The average molecular weight is 453 g/mol. The summed E-state index contributed by atoms with van der Waals surface area (Å²) >= 11 is 0. The summed E-state index contributed by atoms with van der Waals surface area (Å²) < 4.78 is 54.7. The topological polar surface area (TPSA) is 84.4 Å². The minimum atomic E-state index is -4.37. The summed E-state index contributed by atoms with van der Waals surface area (Å²) in [6.07, 6.45) is 1.60. The lowest BCUT2D eigenvalue weighted by Gasteiger charge is -2.23. The van der Waals surface area contributed by atoms with E-state index in [0.29, 0.717) is 14.8 Å². The third-order valence-electron chi connectivity index (χ3n) is 5.02. The van der Waals surface area contributed by atoms with Crippen LogP contribution in [0.3, 0.4) is 0 Å². The van der Waals surface area contributed by atoms with E-state index in [1.807, 2.05) is 25.1 Å². The lowest BCUT2D eigenvalue weighted by Crippen LogP contribution is -2.36. The molecular weight excluding hydrogens is 432 g/mol. The lowest BCUT2D eigenvalue weighted by atomic mass is 10.0. The van der Waals surface area contributed by atoms with Crippen molar-refractivity contribution in [3.63, 3.8) is 0 Å². The van der Waals surface area contributed by atoms with Gasteiger partial charge in [0.2, 0.25) is 0 Å². The first kappa shape index (κ1) is 21.2. The summed E-state index contributed by atoms with van der Waals surface area (Å²) in [5.74, 6) is 0. The molecule has 31 heavy (non-hydrogen) atoms. The first-order valence-electron chi connectivity index (χ1n) is 9.53. The SMILES string of the molecule is Cc1ccc2cccnc2c1CN(S(=O)(=O)c1ccccc1)S(=O)(=O)c1ccccc1. The van der Waals surface area contributed by atoms with E-state index in [0.717, 1.165) is 10.9 Å². The van der Waals surface area contributed by atoms with E-state index in [2.05, 4.69) is 4.98 Å². The summed E-state index contributed by atoms with van der Waals surface area (Å²) in [5.41, 5.74) is 1.86. The van der Waals surface area contributed by atoms with Gasteiger partial charge >= 0.3 is 0 Å². The van der Waals surface area contributed by atoms with Crippen molar-refractivity contribution in [1.82, 2.24) is 8.69 Å². The summed E-state index contributed by atoms with van der Waals surface area (Å²) in [6, 6.07) is 22.5. The molecule has 0 bridgehead atoms. The highest BCUT2D eigenvalue weighted by atomic mass is 32.3. The number of hydrogen-bond acceptors (Lipinski definition) is 5. The van der Waals surface area contributed by atoms with E-state index in [-0.39, 0.29) is 16.3 Å². The number of benzene rings is 3. The van der Waals surface area contributed by atoms with Gasteiger partial charge in [0.15, 0.2) is 0 Å². The van der Waals surface area contributed by atoms with Gasteiger partial charge in [0.1, 0.15) is 0 Å². The fourth-order valence-electron chi connectivity index (χ4n) is 3.35. The third-order valence-corrected chi connectivity index (χ3v) is 9.26. The highest BCUT2D eigenvalue weighted by molar-refractivity contribution is 8.04. The van der Waals surface area contributed by atoms with Gasteiger partial charge in [-0.1, -0.05) is 58.3 Å². The second-order valence-corrected chi connectivity index (χ2v) is 11.0. The molecule has 0 aliphatic rings. The molecule has 0 radical (unpaired) electrons. The summed E-state index contributed by atoms with van der Waals surface area (Å²) in [5, 5.41) is 0.803. The number of hydrogen-bond donors (Lipinski definition) is 0. The molecule has 0 amide bonds. The maximum absolute atomic E-state index is 13.5. The van der Waals surface area contributed by atoms with Crippen molar-refractivity contribution in [3.8, 4) is 0 Å². The van der Waals surface area contributed by atoms with Crippen LogP contribution in [-0.2, 0) is 26.6 Å². The first-order valence-corrected chi connectivity index (χ1v) is 12.4. The van der Waals surface area contributed by atoms with Crippen molar-refractivity contribution in [3.05, 3.63) is 102 Å². The van der Waals surface area contributed by atoms with Crippen molar-refractivity contribution in [1.29, 1.82) is 0 Å². The molecule has 0 N–H and O–H groups in total. The molecular formula is C23H20N2O4S2. The highest BCUT2D eigenvalue weighted by Gasteiger charge is 2.37. The van der Waals surface area contributed by atoms with E-state index in [4.69, 9.17) is 0 Å². The Balaban J connectivity index is 1.94. The lowest BCUT2D eigenvalue weighted by molar-refractivity contribution is 0.495. The summed E-state index contributed by atoms with van der Waals surface area (Å²) in [4.78, 5) is 4.19. The van der Waals surface area contributed by atoms with Gasteiger partial charge in [-0.05, 0) is 48.4 Å². The van der Waals surface area contributed by atoms with E-state index < -0.39 is 20.0 Å². The van der Waals surface area contributed by atoms with Crippen molar-refractivity contribution in [2.24, 2.45) is 0 Å². The van der Waals surface area contributed by atoms with E-state index in [1.54, 1.807) is 48.7 Å². The maximum Gasteiger partial charge on any atom is 0.256 e. The molecule has 4 rings (SSSR count). The Kier molecular flexibility index (Phi) is 5.62. The molecule has 0 spiro atoms. The monoisotopic (exact) mass is 452 g/mol. The molecule has 1 aromatic heterocycles. The van der Waals surface area contributed by atoms with Gasteiger partial charge in [0.05, 0.1) is 21.9 Å². The van der Waals surface area contributed by atoms with Crippen LogP contribution in [0.1, 0.15) is 11.1 Å². The highest BCUT2D eigenvalue weighted by Crippen LogP contribution is 2.29. The van der Waals surface area contributed by atoms with Crippen LogP contribution < -0.4 is 0 Å². The maximum atomic E-state index is 13.5. The predicted octanol–water partition coefficient (Wildman–Crippen LogP) is 4.12. The Morgan fingerprint density at radius 2 is 1.26 bits per heavy atom. The minimum Gasteiger partial charge on any atom is -0.256 e. The molecule has 4 aromatic rings. The largest absolute Gasteiger partial charge is 0.256 e. The van der Waals surface area contributed by atoms with Gasteiger partial charge in [-0.2, -0.15) is 0 Å². The van der Waals surface area contributed by atoms with Gasteiger partial charge < -0.3 is 0 Å². The van der Waals surface area contributed by atoms with Crippen molar-refractivity contribution < 1.29 is 16.8 Å². The van der Waals surface area contributed by atoms with E-state index >= 15 is 0 Å². The Labute approximate surface area is 181 Å². The Morgan fingerprint density at radius 3 is 1.81 bits per heavy atom. The summed E-state index contributed by atoms with van der Waals surface area (Å²) in [7, 11) is -8.75. The minimum absolute atomic E-state index is 0.0969. The molecule has 3 aromatic carbocycles. The van der Waals surface area contributed by atoms with E-state index in [1.165, 1.54) is 24.3 Å². The second-order valence-electron chi connectivity index (χ2n) is 7.00. The molecule has 0 atom stereocenters. The quantitative estimate of drug-likeness (QED) is 0.439. The van der Waals surface area contributed by atoms with Crippen LogP contribution >= 0.6 is 0 Å². The number of sulfonamides is 2. The van der Waals surface area contributed by atoms with Gasteiger partial charge in [0, 0.05) is 11.6 Å². The second kappa shape index (κ2) is 8.22. The molecule has 1 heterocycles. The first-order chi connectivity index (χ1) is 14.8. The van der Waals surface area contributed by atoms with E-state index in [9.17, 15) is 16.8 Å². The standard InChI is InChI=1S/C23H20N2O4S2/c1-18-14-15-19-9-8-16-24-23(19)22(18)17-25(30(26,27)20-10-4-2-5-11-20)31(28,29)21-12-6-3-7-13-21/h2-16H,17H2,1H3. The number of fused-ring (bicyclic) bond motifs is 1. The van der Waals surface area contributed by atoms with Crippen LogP contribution in [0.25, 0.3) is 10.9 Å². The zero-order chi connectivity index (χ0) is 22.1. The molecule has 0 saturated carbocycles. The van der Waals surface area contributed by atoms with Gasteiger partial charge in [-0.15, -0.1) is 0 Å². The Hall–Kier alpha value is -3.07. The van der Waals surface area contributed by atoms with Crippen LogP contribution in [0.5, 0.6) is 0 Å².